The average Bonchev–Trinajstić information content (AvgIpc) is 3.31. The maximum Gasteiger partial charge on any atom is 0.196 e. The molecular formula is C23H14ClF2N3S. The van der Waals surface area contributed by atoms with Crippen molar-refractivity contribution in [2.24, 2.45) is 0 Å². The third-order valence-corrected chi connectivity index (χ3v) is 5.88. The van der Waals surface area contributed by atoms with Gasteiger partial charge in [0.05, 0.1) is 16.3 Å². The van der Waals surface area contributed by atoms with Crippen LogP contribution in [0.2, 0.25) is 5.02 Å². The van der Waals surface area contributed by atoms with Crippen molar-refractivity contribution >= 4 is 39.4 Å². The normalized spacial score (nSPS) is 11.2. The van der Waals surface area contributed by atoms with E-state index in [1.54, 1.807) is 24.3 Å². The van der Waals surface area contributed by atoms with Crippen LogP contribution in [0.3, 0.4) is 0 Å². The van der Waals surface area contributed by atoms with Gasteiger partial charge in [0, 0.05) is 11.1 Å². The maximum atomic E-state index is 14.8. The van der Waals surface area contributed by atoms with E-state index in [-0.39, 0.29) is 16.4 Å². The Morgan fingerprint density at radius 1 is 0.900 bits per heavy atom. The second-order valence-electron chi connectivity index (χ2n) is 6.64. The molecule has 7 heteroatoms. The smallest absolute Gasteiger partial charge is 0.196 e. The van der Waals surface area contributed by atoms with E-state index in [0.29, 0.717) is 22.2 Å². The fourth-order valence-corrected chi connectivity index (χ4v) is 4.50. The van der Waals surface area contributed by atoms with Crippen molar-refractivity contribution < 1.29 is 8.78 Å². The summed E-state index contributed by atoms with van der Waals surface area (Å²) >= 11 is 7.80. The number of aromatic nitrogens is 2. The molecule has 3 aromatic carbocycles. The lowest BCUT2D eigenvalue weighted by atomic mass is 10.1. The molecule has 0 fully saturated rings. The minimum absolute atomic E-state index is 0.221. The summed E-state index contributed by atoms with van der Waals surface area (Å²) in [5.74, 6) is -0.239. The summed E-state index contributed by atoms with van der Waals surface area (Å²) in [4.78, 5) is 5.37. The molecular weight excluding hydrogens is 424 g/mol. The van der Waals surface area contributed by atoms with Crippen molar-refractivity contribution in [1.29, 1.82) is 0 Å². The summed E-state index contributed by atoms with van der Waals surface area (Å²) in [6, 6.07) is 20.4. The van der Waals surface area contributed by atoms with Gasteiger partial charge in [-0.1, -0.05) is 48.0 Å². The lowest BCUT2D eigenvalue weighted by Gasteiger charge is -2.11. The Balaban J connectivity index is 1.78. The Bertz CT molecular complexity index is 1320. The Morgan fingerprint density at radius 2 is 1.67 bits per heavy atom. The van der Waals surface area contributed by atoms with Crippen molar-refractivity contribution in [3.63, 3.8) is 0 Å². The number of imidazole rings is 1. The van der Waals surface area contributed by atoms with Gasteiger partial charge in [-0.05, 0) is 42.0 Å². The lowest BCUT2D eigenvalue weighted by Crippen LogP contribution is -1.99. The molecule has 0 unspecified atom stereocenters. The number of thiazole rings is 1. The lowest BCUT2D eigenvalue weighted by molar-refractivity contribution is 0.628. The molecule has 0 spiro atoms. The number of nitrogens with one attached hydrogen (secondary N) is 1. The van der Waals surface area contributed by atoms with E-state index < -0.39 is 5.82 Å². The third kappa shape index (κ3) is 3.24. The molecule has 3 nitrogen and oxygen atoms in total. The minimum atomic E-state index is -0.461. The van der Waals surface area contributed by atoms with Crippen LogP contribution >= 0.6 is 22.9 Å². The Kier molecular flexibility index (Phi) is 4.73. The molecule has 5 rings (SSSR count). The van der Waals surface area contributed by atoms with Gasteiger partial charge < -0.3 is 5.32 Å². The fourth-order valence-electron chi connectivity index (χ4n) is 3.35. The molecule has 0 aliphatic carbocycles. The molecule has 0 saturated carbocycles. The highest BCUT2D eigenvalue weighted by Crippen LogP contribution is 2.40. The molecule has 2 aromatic heterocycles. The summed E-state index contributed by atoms with van der Waals surface area (Å²) in [6.07, 6.45) is 0. The van der Waals surface area contributed by atoms with Gasteiger partial charge in [0.15, 0.2) is 4.96 Å². The van der Waals surface area contributed by atoms with Crippen LogP contribution in [-0.4, -0.2) is 9.38 Å². The van der Waals surface area contributed by atoms with E-state index in [1.807, 2.05) is 40.1 Å². The molecule has 5 aromatic rings. The van der Waals surface area contributed by atoms with E-state index in [9.17, 15) is 8.78 Å². The molecule has 0 atom stereocenters. The first kappa shape index (κ1) is 18.8. The number of rotatable bonds is 4. The second-order valence-corrected chi connectivity index (χ2v) is 7.89. The first-order valence-electron chi connectivity index (χ1n) is 9.14. The van der Waals surface area contributed by atoms with E-state index in [1.165, 1.54) is 29.5 Å². The van der Waals surface area contributed by atoms with Gasteiger partial charge in [-0.2, -0.15) is 0 Å². The van der Waals surface area contributed by atoms with Crippen LogP contribution in [0.4, 0.5) is 20.3 Å². The van der Waals surface area contributed by atoms with E-state index in [2.05, 4.69) is 10.3 Å². The Morgan fingerprint density at radius 3 is 2.40 bits per heavy atom. The summed E-state index contributed by atoms with van der Waals surface area (Å²) < 4.78 is 30.1. The van der Waals surface area contributed by atoms with Gasteiger partial charge in [-0.15, -0.1) is 11.3 Å². The predicted octanol–water partition coefficient (Wildman–Crippen LogP) is 7.41. The fraction of sp³-hybridized carbons (Fsp3) is 0. The first-order chi connectivity index (χ1) is 14.6. The van der Waals surface area contributed by atoms with Crippen LogP contribution in [0.1, 0.15) is 0 Å². The first-order valence-corrected chi connectivity index (χ1v) is 10.4. The average molecular weight is 438 g/mol. The quantitative estimate of drug-likeness (QED) is 0.317. The van der Waals surface area contributed by atoms with Crippen LogP contribution < -0.4 is 5.32 Å². The predicted molar refractivity (Wildman–Crippen MR) is 119 cm³/mol. The molecule has 0 bridgehead atoms. The summed E-state index contributed by atoms with van der Waals surface area (Å²) in [6.45, 7) is 0. The summed E-state index contributed by atoms with van der Waals surface area (Å²) in [5.41, 5.74) is 3.17. The highest BCUT2D eigenvalue weighted by atomic mass is 35.5. The molecule has 1 N–H and O–H groups in total. The van der Waals surface area contributed by atoms with Gasteiger partial charge >= 0.3 is 0 Å². The number of anilines is 2. The van der Waals surface area contributed by atoms with Gasteiger partial charge in [0.1, 0.15) is 23.1 Å². The highest BCUT2D eigenvalue weighted by Gasteiger charge is 2.23. The Labute approximate surface area is 180 Å². The molecule has 0 radical (unpaired) electrons. The molecule has 30 heavy (non-hydrogen) atoms. The van der Waals surface area contributed by atoms with Crippen LogP contribution in [0.5, 0.6) is 0 Å². The van der Waals surface area contributed by atoms with Crippen LogP contribution in [-0.2, 0) is 0 Å². The minimum Gasteiger partial charge on any atom is -0.339 e. The number of fused-ring (bicyclic) bond motifs is 1. The number of hydrogen-bond donors (Lipinski definition) is 1. The number of halogens is 3. The SMILES string of the molecule is Fc1ccc(Nc2c(-c3c(F)cccc3Cl)nc3scc(-c4ccccc4)n23)cc1. The molecule has 0 saturated heterocycles. The zero-order valence-electron chi connectivity index (χ0n) is 15.4. The van der Waals surface area contributed by atoms with E-state index >= 15 is 0 Å². The molecule has 2 heterocycles. The van der Waals surface area contributed by atoms with Gasteiger partial charge in [0.25, 0.3) is 0 Å². The van der Waals surface area contributed by atoms with Crippen LogP contribution in [0, 0.1) is 11.6 Å². The highest BCUT2D eigenvalue weighted by molar-refractivity contribution is 7.15. The van der Waals surface area contributed by atoms with Crippen molar-refractivity contribution in [3.05, 3.63) is 94.8 Å². The zero-order chi connectivity index (χ0) is 20.7. The zero-order valence-corrected chi connectivity index (χ0v) is 17.0. The standard InChI is InChI=1S/C23H14ClF2N3S/c24-17-7-4-8-18(26)20(17)21-22(27-16-11-9-15(25)10-12-16)29-19(13-30-23(29)28-21)14-5-2-1-3-6-14/h1-13,27H. The molecule has 0 amide bonds. The Hall–Kier alpha value is -3.22. The second kappa shape index (κ2) is 7.55. The third-order valence-electron chi connectivity index (χ3n) is 4.74. The van der Waals surface area contributed by atoms with Crippen molar-refractivity contribution in [2.45, 2.75) is 0 Å². The largest absolute Gasteiger partial charge is 0.339 e. The number of benzene rings is 3. The van der Waals surface area contributed by atoms with Crippen molar-refractivity contribution in [2.75, 3.05) is 5.32 Å². The van der Waals surface area contributed by atoms with E-state index in [0.717, 1.165) is 11.3 Å². The summed E-state index contributed by atoms with van der Waals surface area (Å²) in [7, 11) is 0. The number of nitrogens with zero attached hydrogens (tertiary/aromatic N) is 2. The van der Waals surface area contributed by atoms with Gasteiger partial charge in [-0.25, -0.2) is 13.8 Å². The van der Waals surface area contributed by atoms with Gasteiger partial charge in [-0.3, -0.25) is 4.40 Å². The van der Waals surface area contributed by atoms with Crippen LogP contribution in [0.25, 0.3) is 27.5 Å². The monoisotopic (exact) mass is 437 g/mol. The van der Waals surface area contributed by atoms with Crippen molar-refractivity contribution in [3.8, 4) is 22.5 Å². The summed E-state index contributed by atoms with van der Waals surface area (Å²) in [5, 5.41) is 5.56. The topological polar surface area (TPSA) is 29.3 Å². The molecule has 0 aliphatic rings. The molecule has 0 aliphatic heterocycles. The molecule has 148 valence electrons. The van der Waals surface area contributed by atoms with Crippen molar-refractivity contribution in [1.82, 2.24) is 9.38 Å². The van der Waals surface area contributed by atoms with Crippen LogP contribution in [0.15, 0.2) is 78.2 Å². The maximum absolute atomic E-state index is 14.8. The van der Waals surface area contributed by atoms with Gasteiger partial charge in [0.2, 0.25) is 0 Å². The van der Waals surface area contributed by atoms with E-state index in [4.69, 9.17) is 11.6 Å². The number of hydrogen-bond acceptors (Lipinski definition) is 3.